The quantitative estimate of drug-likeness (QED) is 0.891. The predicted octanol–water partition coefficient (Wildman–Crippen LogP) is 1.76. The molecule has 1 aliphatic rings. The van der Waals surface area contributed by atoms with Crippen molar-refractivity contribution in [3.8, 4) is 0 Å². The van der Waals surface area contributed by atoms with Crippen molar-refractivity contribution in [3.05, 3.63) is 29.0 Å². The Kier molecular flexibility index (Phi) is 4.78. The van der Waals surface area contributed by atoms with Gasteiger partial charge < -0.3 is 5.32 Å². The second kappa shape index (κ2) is 6.17. The lowest BCUT2D eigenvalue weighted by Gasteiger charge is -2.23. The molecule has 2 N–H and O–H groups in total. The van der Waals surface area contributed by atoms with E-state index in [1.807, 2.05) is 0 Å². The Labute approximate surface area is 117 Å². The lowest BCUT2D eigenvalue weighted by molar-refractivity contribution is 0.375. The monoisotopic (exact) mass is 306 g/mol. The van der Waals surface area contributed by atoms with E-state index in [1.165, 1.54) is 12.1 Å². The second-order valence-electron chi connectivity index (χ2n) is 4.62. The number of hydrogen-bond acceptors (Lipinski definition) is 3. The molecule has 1 aliphatic heterocycles. The van der Waals surface area contributed by atoms with E-state index in [1.54, 1.807) is 0 Å². The van der Waals surface area contributed by atoms with Gasteiger partial charge in [-0.2, -0.15) is 0 Å². The molecule has 1 saturated heterocycles. The average molecular weight is 307 g/mol. The number of benzene rings is 1. The molecule has 2 rings (SSSR count). The molecule has 0 spiro atoms. The first-order valence-corrected chi connectivity index (χ1v) is 8.01. The van der Waals surface area contributed by atoms with E-state index in [4.69, 9.17) is 11.6 Å². The zero-order valence-corrected chi connectivity index (χ0v) is 11.9. The lowest BCUT2D eigenvalue weighted by atomic mass is 10.0. The molecule has 0 saturated carbocycles. The normalized spacial score (nSPS) is 20.4. The van der Waals surface area contributed by atoms with E-state index in [2.05, 4.69) is 10.0 Å². The molecule has 1 unspecified atom stereocenters. The Bertz CT molecular complexity index is 524. The maximum absolute atomic E-state index is 13.6. The van der Waals surface area contributed by atoms with Crippen LogP contribution < -0.4 is 10.0 Å². The minimum atomic E-state index is -3.91. The van der Waals surface area contributed by atoms with E-state index >= 15 is 0 Å². The van der Waals surface area contributed by atoms with Crippen LogP contribution in [0.3, 0.4) is 0 Å². The summed E-state index contributed by atoms with van der Waals surface area (Å²) in [6.07, 6.45) is 1.98. The van der Waals surface area contributed by atoms with Gasteiger partial charge in [-0.15, -0.1) is 0 Å². The number of piperidine rings is 1. The molecule has 0 aliphatic carbocycles. The number of nitrogens with one attached hydrogen (secondary N) is 2. The summed E-state index contributed by atoms with van der Waals surface area (Å²) in [5.74, 6) is -0.601. The Hall–Kier alpha value is -0.690. The fourth-order valence-electron chi connectivity index (χ4n) is 2.14. The minimum Gasteiger partial charge on any atom is -0.316 e. The van der Waals surface area contributed by atoms with Gasteiger partial charge in [-0.25, -0.2) is 17.5 Å². The number of hydrogen-bond donors (Lipinski definition) is 2. The van der Waals surface area contributed by atoms with Crippen LogP contribution >= 0.6 is 11.6 Å². The zero-order chi connectivity index (χ0) is 13.9. The molecule has 4 nitrogen and oxygen atoms in total. The molecule has 1 atom stereocenters. The van der Waals surface area contributed by atoms with Crippen molar-refractivity contribution in [2.75, 3.05) is 19.6 Å². The molecule has 0 amide bonds. The van der Waals surface area contributed by atoms with Crippen molar-refractivity contribution in [1.82, 2.24) is 10.0 Å². The van der Waals surface area contributed by atoms with Gasteiger partial charge in [-0.05, 0) is 44.0 Å². The molecule has 1 heterocycles. The van der Waals surface area contributed by atoms with E-state index in [0.29, 0.717) is 6.54 Å². The first kappa shape index (κ1) is 14.7. The van der Waals surface area contributed by atoms with E-state index in [9.17, 15) is 12.8 Å². The topological polar surface area (TPSA) is 58.2 Å². The predicted molar refractivity (Wildman–Crippen MR) is 72.2 cm³/mol. The summed E-state index contributed by atoms with van der Waals surface area (Å²) in [6, 6.07) is 3.83. The molecule has 1 aromatic carbocycles. The van der Waals surface area contributed by atoms with Crippen molar-refractivity contribution < 1.29 is 12.8 Å². The van der Waals surface area contributed by atoms with Crippen molar-refractivity contribution >= 4 is 21.6 Å². The number of rotatable bonds is 4. The lowest BCUT2D eigenvalue weighted by Crippen LogP contribution is -2.38. The molecule has 0 radical (unpaired) electrons. The van der Waals surface area contributed by atoms with Gasteiger partial charge in [0.15, 0.2) is 0 Å². The number of sulfonamides is 1. The largest absolute Gasteiger partial charge is 0.316 e. The van der Waals surface area contributed by atoms with Gasteiger partial charge in [0.25, 0.3) is 0 Å². The summed E-state index contributed by atoms with van der Waals surface area (Å²) in [5, 5.41) is 3.10. The SMILES string of the molecule is O=S(=O)(NCC1CCCNC1)c1c(F)cccc1Cl. The molecule has 19 heavy (non-hydrogen) atoms. The van der Waals surface area contributed by atoms with Gasteiger partial charge in [0.2, 0.25) is 10.0 Å². The average Bonchev–Trinajstić information content (AvgIpc) is 2.37. The first-order valence-electron chi connectivity index (χ1n) is 6.15. The second-order valence-corrected chi connectivity index (χ2v) is 6.73. The highest BCUT2D eigenvalue weighted by Crippen LogP contribution is 2.24. The Balaban J connectivity index is 2.09. The highest BCUT2D eigenvalue weighted by molar-refractivity contribution is 7.89. The highest BCUT2D eigenvalue weighted by Gasteiger charge is 2.24. The maximum Gasteiger partial charge on any atom is 0.244 e. The molecule has 1 fully saturated rings. The van der Waals surface area contributed by atoms with Crippen molar-refractivity contribution in [3.63, 3.8) is 0 Å². The summed E-state index contributed by atoms with van der Waals surface area (Å²) in [6.45, 7) is 2.02. The molecule has 0 aromatic heterocycles. The van der Waals surface area contributed by atoms with Gasteiger partial charge in [0, 0.05) is 6.54 Å². The van der Waals surface area contributed by atoms with Crippen LogP contribution in [0.5, 0.6) is 0 Å². The highest BCUT2D eigenvalue weighted by atomic mass is 35.5. The molecule has 7 heteroatoms. The fraction of sp³-hybridized carbons (Fsp3) is 0.500. The van der Waals surface area contributed by atoms with Crippen LogP contribution in [0.15, 0.2) is 23.1 Å². The third kappa shape index (κ3) is 3.66. The maximum atomic E-state index is 13.6. The van der Waals surface area contributed by atoms with Crippen LogP contribution in [0.25, 0.3) is 0 Å². The smallest absolute Gasteiger partial charge is 0.244 e. The Morgan fingerprint density at radius 1 is 1.47 bits per heavy atom. The summed E-state index contributed by atoms with van der Waals surface area (Å²) in [7, 11) is -3.91. The van der Waals surface area contributed by atoms with Crippen LogP contribution in [0.4, 0.5) is 4.39 Å². The fourth-order valence-corrected chi connectivity index (χ4v) is 3.85. The van der Waals surface area contributed by atoms with Crippen LogP contribution in [-0.4, -0.2) is 28.1 Å². The molecule has 0 bridgehead atoms. The zero-order valence-electron chi connectivity index (χ0n) is 10.3. The third-order valence-corrected chi connectivity index (χ3v) is 5.07. The van der Waals surface area contributed by atoms with Crippen molar-refractivity contribution in [1.29, 1.82) is 0 Å². The standard InChI is InChI=1S/C12H16ClFN2O2S/c13-10-4-1-5-11(14)12(10)19(17,18)16-8-9-3-2-6-15-7-9/h1,4-5,9,15-16H,2-3,6-8H2. The van der Waals surface area contributed by atoms with E-state index < -0.39 is 20.7 Å². The van der Waals surface area contributed by atoms with E-state index in [-0.39, 0.29) is 10.9 Å². The summed E-state index contributed by atoms with van der Waals surface area (Å²) in [4.78, 5) is -0.472. The summed E-state index contributed by atoms with van der Waals surface area (Å²) in [5.41, 5.74) is 0. The van der Waals surface area contributed by atoms with E-state index in [0.717, 1.165) is 32.0 Å². The molecule has 106 valence electrons. The van der Waals surface area contributed by atoms with Crippen molar-refractivity contribution in [2.24, 2.45) is 5.92 Å². The number of halogens is 2. The Morgan fingerprint density at radius 2 is 2.26 bits per heavy atom. The Morgan fingerprint density at radius 3 is 2.89 bits per heavy atom. The first-order chi connectivity index (χ1) is 9.00. The molecular weight excluding hydrogens is 291 g/mol. The molecule has 1 aromatic rings. The van der Waals surface area contributed by atoms with Crippen LogP contribution in [0.1, 0.15) is 12.8 Å². The third-order valence-electron chi connectivity index (χ3n) is 3.15. The van der Waals surface area contributed by atoms with Crippen LogP contribution in [0.2, 0.25) is 5.02 Å². The van der Waals surface area contributed by atoms with Gasteiger partial charge in [-0.3, -0.25) is 0 Å². The van der Waals surface area contributed by atoms with Gasteiger partial charge in [0.05, 0.1) is 5.02 Å². The van der Waals surface area contributed by atoms with Gasteiger partial charge in [0.1, 0.15) is 10.7 Å². The van der Waals surface area contributed by atoms with Crippen LogP contribution in [0, 0.1) is 11.7 Å². The molecular formula is C12H16ClFN2O2S. The van der Waals surface area contributed by atoms with Gasteiger partial charge in [-0.1, -0.05) is 17.7 Å². The minimum absolute atomic E-state index is 0.103. The van der Waals surface area contributed by atoms with Crippen LogP contribution in [-0.2, 0) is 10.0 Å². The summed E-state index contributed by atoms with van der Waals surface area (Å²) >= 11 is 5.76. The van der Waals surface area contributed by atoms with Gasteiger partial charge >= 0.3 is 0 Å². The summed E-state index contributed by atoms with van der Waals surface area (Å²) < 4.78 is 40.2. The van der Waals surface area contributed by atoms with Crippen molar-refractivity contribution in [2.45, 2.75) is 17.7 Å².